The number of halogens is 1. The van der Waals surface area contributed by atoms with Crippen molar-refractivity contribution in [1.29, 1.82) is 0 Å². The summed E-state index contributed by atoms with van der Waals surface area (Å²) in [7, 11) is 3.41. The van der Waals surface area contributed by atoms with Gasteiger partial charge in [-0.3, -0.25) is 0 Å². The summed E-state index contributed by atoms with van der Waals surface area (Å²) in [5.74, 6) is 2.39. The smallest absolute Gasteiger partial charge is 0.126 e. The van der Waals surface area contributed by atoms with E-state index >= 15 is 0 Å². The molecule has 3 heteroatoms. The fourth-order valence-electron chi connectivity index (χ4n) is 3.33. The van der Waals surface area contributed by atoms with Crippen LogP contribution in [-0.4, -0.2) is 14.2 Å². The average molecular weight is 341 g/mol. The lowest BCUT2D eigenvalue weighted by Gasteiger charge is -2.41. The van der Waals surface area contributed by atoms with Crippen molar-refractivity contribution in [1.82, 2.24) is 0 Å². The molecular weight excluding hydrogens is 316 g/mol. The lowest BCUT2D eigenvalue weighted by molar-refractivity contribution is 0.136. The molecule has 112 valence electrons. The molecule has 0 heterocycles. The van der Waals surface area contributed by atoms with E-state index in [0.717, 1.165) is 11.5 Å². The molecule has 2 atom stereocenters. The summed E-state index contributed by atoms with van der Waals surface area (Å²) >= 11 is 3.94. The first-order valence-electron chi connectivity index (χ1n) is 7.35. The molecule has 0 bridgehead atoms. The Balaban J connectivity index is 2.30. The van der Waals surface area contributed by atoms with Gasteiger partial charge in [-0.25, -0.2) is 0 Å². The van der Waals surface area contributed by atoms with Gasteiger partial charge in [0.25, 0.3) is 0 Å². The van der Waals surface area contributed by atoms with Gasteiger partial charge in [-0.15, -0.1) is 0 Å². The van der Waals surface area contributed by atoms with E-state index in [1.807, 2.05) is 12.1 Å². The number of methoxy groups -OCH3 is 2. The van der Waals surface area contributed by atoms with Crippen molar-refractivity contribution in [2.45, 2.75) is 44.4 Å². The van der Waals surface area contributed by atoms with Crippen LogP contribution in [-0.2, 0) is 0 Å². The number of ether oxygens (including phenoxy) is 2. The normalized spacial score (nSPS) is 23.1. The number of rotatable bonds is 4. The SMILES string of the molecule is COc1ccc(C(Br)C2CCCCC2(C)C)c(OC)c1. The van der Waals surface area contributed by atoms with Crippen LogP contribution >= 0.6 is 15.9 Å². The van der Waals surface area contributed by atoms with Crippen LogP contribution in [0, 0.1) is 11.3 Å². The first-order valence-corrected chi connectivity index (χ1v) is 8.27. The Labute approximate surface area is 131 Å². The van der Waals surface area contributed by atoms with Crippen molar-refractivity contribution in [2.24, 2.45) is 11.3 Å². The standard InChI is InChI=1S/C17H25BrO2/c1-17(2)10-6-5-7-14(17)16(18)13-9-8-12(19-3)11-15(13)20-4/h8-9,11,14,16H,5-7,10H2,1-4H3. The Morgan fingerprint density at radius 1 is 1.20 bits per heavy atom. The van der Waals surface area contributed by atoms with Crippen LogP contribution in [0.25, 0.3) is 0 Å². The van der Waals surface area contributed by atoms with Gasteiger partial charge in [0.05, 0.1) is 14.2 Å². The second-order valence-electron chi connectivity index (χ2n) is 6.35. The fourth-order valence-corrected chi connectivity index (χ4v) is 4.68. The molecule has 2 unspecified atom stereocenters. The number of alkyl halides is 1. The van der Waals surface area contributed by atoms with Gasteiger partial charge in [-0.1, -0.05) is 48.7 Å². The molecule has 1 aliphatic rings. The Hall–Kier alpha value is -0.700. The Morgan fingerprint density at radius 3 is 2.55 bits per heavy atom. The van der Waals surface area contributed by atoms with Crippen molar-refractivity contribution in [3.05, 3.63) is 23.8 Å². The van der Waals surface area contributed by atoms with Gasteiger partial charge >= 0.3 is 0 Å². The largest absolute Gasteiger partial charge is 0.497 e. The molecule has 1 fully saturated rings. The maximum Gasteiger partial charge on any atom is 0.126 e. The summed E-state index contributed by atoms with van der Waals surface area (Å²) in [5.41, 5.74) is 1.60. The second-order valence-corrected chi connectivity index (χ2v) is 7.34. The van der Waals surface area contributed by atoms with E-state index in [4.69, 9.17) is 9.47 Å². The van der Waals surface area contributed by atoms with E-state index in [0.29, 0.717) is 16.2 Å². The first kappa shape index (κ1) is 15.7. The molecule has 1 aliphatic carbocycles. The molecule has 0 aliphatic heterocycles. The van der Waals surface area contributed by atoms with E-state index in [2.05, 4.69) is 35.8 Å². The minimum atomic E-state index is 0.332. The predicted molar refractivity (Wildman–Crippen MR) is 87.0 cm³/mol. The topological polar surface area (TPSA) is 18.5 Å². The van der Waals surface area contributed by atoms with Crippen LogP contribution in [0.1, 0.15) is 49.9 Å². The van der Waals surface area contributed by atoms with Crippen molar-refractivity contribution in [3.8, 4) is 11.5 Å². The Morgan fingerprint density at radius 2 is 1.95 bits per heavy atom. The van der Waals surface area contributed by atoms with Gasteiger partial charge < -0.3 is 9.47 Å². The van der Waals surface area contributed by atoms with Gasteiger partial charge in [0.1, 0.15) is 11.5 Å². The monoisotopic (exact) mass is 340 g/mol. The quantitative estimate of drug-likeness (QED) is 0.687. The summed E-state index contributed by atoms with van der Waals surface area (Å²) in [6.45, 7) is 4.78. The molecule has 0 radical (unpaired) electrons. The molecule has 0 amide bonds. The summed E-state index contributed by atoms with van der Waals surface area (Å²) in [6.07, 6.45) is 5.26. The molecule has 1 saturated carbocycles. The predicted octanol–water partition coefficient (Wildman–Crippen LogP) is 5.36. The highest BCUT2D eigenvalue weighted by Crippen LogP contribution is 2.51. The van der Waals surface area contributed by atoms with Crippen LogP contribution in [0.15, 0.2) is 18.2 Å². The van der Waals surface area contributed by atoms with Crippen molar-refractivity contribution >= 4 is 15.9 Å². The van der Waals surface area contributed by atoms with E-state index < -0.39 is 0 Å². The minimum absolute atomic E-state index is 0.332. The third-order valence-corrected chi connectivity index (χ3v) is 5.81. The Kier molecular flexibility index (Phi) is 5.00. The van der Waals surface area contributed by atoms with Gasteiger partial charge in [0.15, 0.2) is 0 Å². The van der Waals surface area contributed by atoms with Crippen LogP contribution < -0.4 is 9.47 Å². The molecule has 20 heavy (non-hydrogen) atoms. The molecule has 0 aromatic heterocycles. The zero-order valence-corrected chi connectivity index (χ0v) is 14.5. The van der Waals surface area contributed by atoms with Crippen molar-refractivity contribution in [2.75, 3.05) is 14.2 Å². The van der Waals surface area contributed by atoms with Crippen molar-refractivity contribution < 1.29 is 9.47 Å². The lowest BCUT2D eigenvalue weighted by Crippen LogP contribution is -2.30. The third kappa shape index (κ3) is 3.13. The highest BCUT2D eigenvalue weighted by atomic mass is 79.9. The van der Waals surface area contributed by atoms with Crippen LogP contribution in [0.5, 0.6) is 11.5 Å². The van der Waals surface area contributed by atoms with E-state index in [-0.39, 0.29) is 0 Å². The molecule has 0 N–H and O–H groups in total. The average Bonchev–Trinajstić information content (AvgIpc) is 2.45. The molecular formula is C17H25BrO2. The van der Waals surface area contributed by atoms with Gasteiger partial charge in [-0.05, 0) is 30.2 Å². The van der Waals surface area contributed by atoms with E-state index in [9.17, 15) is 0 Å². The van der Waals surface area contributed by atoms with Gasteiger partial charge in [-0.2, -0.15) is 0 Å². The maximum atomic E-state index is 5.56. The summed E-state index contributed by atoms with van der Waals surface area (Å²) in [4.78, 5) is 0.332. The van der Waals surface area contributed by atoms with E-state index in [1.54, 1.807) is 14.2 Å². The zero-order chi connectivity index (χ0) is 14.8. The molecule has 2 nitrogen and oxygen atoms in total. The first-order chi connectivity index (χ1) is 9.49. The van der Waals surface area contributed by atoms with Crippen LogP contribution in [0.2, 0.25) is 0 Å². The number of benzene rings is 1. The molecule has 0 spiro atoms. The molecule has 1 aromatic carbocycles. The second kappa shape index (κ2) is 6.38. The fraction of sp³-hybridized carbons (Fsp3) is 0.647. The lowest BCUT2D eigenvalue weighted by atomic mass is 9.66. The van der Waals surface area contributed by atoms with Crippen LogP contribution in [0.3, 0.4) is 0 Å². The zero-order valence-electron chi connectivity index (χ0n) is 12.9. The molecule has 1 aromatic rings. The highest BCUT2D eigenvalue weighted by molar-refractivity contribution is 9.09. The Bertz CT molecular complexity index is 456. The summed E-state index contributed by atoms with van der Waals surface area (Å²) < 4.78 is 10.8. The van der Waals surface area contributed by atoms with Crippen molar-refractivity contribution in [3.63, 3.8) is 0 Å². The minimum Gasteiger partial charge on any atom is -0.497 e. The number of hydrogen-bond donors (Lipinski definition) is 0. The van der Waals surface area contributed by atoms with Gasteiger partial charge in [0.2, 0.25) is 0 Å². The maximum absolute atomic E-state index is 5.56. The third-order valence-electron chi connectivity index (χ3n) is 4.68. The number of hydrogen-bond acceptors (Lipinski definition) is 2. The molecule has 0 saturated heterocycles. The summed E-state index contributed by atoms with van der Waals surface area (Å²) in [5, 5.41) is 0. The van der Waals surface area contributed by atoms with Gasteiger partial charge in [0, 0.05) is 16.5 Å². The summed E-state index contributed by atoms with van der Waals surface area (Å²) in [6, 6.07) is 6.11. The van der Waals surface area contributed by atoms with E-state index in [1.165, 1.54) is 31.2 Å². The van der Waals surface area contributed by atoms with Crippen LogP contribution in [0.4, 0.5) is 0 Å². The molecule has 2 rings (SSSR count). The highest BCUT2D eigenvalue weighted by Gasteiger charge is 2.38.